The zero-order chi connectivity index (χ0) is 24.6. The van der Waals surface area contributed by atoms with Crippen LogP contribution in [0.3, 0.4) is 0 Å². The number of fused-ring (bicyclic) bond motifs is 1. The number of hydrogen-bond acceptors (Lipinski definition) is 6. The lowest BCUT2D eigenvalue weighted by atomic mass is 10.0. The summed E-state index contributed by atoms with van der Waals surface area (Å²) in [5.74, 6) is 1.42. The van der Waals surface area contributed by atoms with E-state index in [4.69, 9.17) is 26.7 Å². The molecule has 0 amide bonds. The van der Waals surface area contributed by atoms with Gasteiger partial charge in [-0.15, -0.1) is 0 Å². The van der Waals surface area contributed by atoms with Gasteiger partial charge in [0.05, 0.1) is 47.6 Å². The summed E-state index contributed by atoms with van der Waals surface area (Å²) >= 11 is 7.57. The van der Waals surface area contributed by atoms with Crippen LogP contribution in [0.25, 0.3) is 15.3 Å². The molecule has 1 saturated heterocycles. The normalized spacial score (nSPS) is 17.4. The lowest BCUT2D eigenvalue weighted by molar-refractivity contribution is 0.402. The summed E-state index contributed by atoms with van der Waals surface area (Å²) in [4.78, 5) is 11.7. The number of hydrogen-bond donors (Lipinski definition) is 1. The number of para-hydroxylation sites is 1. The Kier molecular flexibility index (Phi) is 5.79. The molecular formula is C27H23N5O2S2. The van der Waals surface area contributed by atoms with Crippen LogP contribution in [0.5, 0.6) is 11.5 Å². The molecule has 3 aromatic heterocycles. The summed E-state index contributed by atoms with van der Waals surface area (Å²) in [5.41, 5.74) is 3.72. The highest BCUT2D eigenvalue weighted by Gasteiger charge is 2.43. The zero-order valence-electron chi connectivity index (χ0n) is 19.7. The van der Waals surface area contributed by atoms with Crippen molar-refractivity contribution >= 4 is 44.6 Å². The Bertz CT molecular complexity index is 1520. The molecule has 0 radical (unpaired) electrons. The van der Waals surface area contributed by atoms with E-state index in [1.165, 1.54) is 0 Å². The highest BCUT2D eigenvalue weighted by Crippen LogP contribution is 2.46. The molecule has 1 aliphatic heterocycles. The molecule has 0 bridgehead atoms. The lowest BCUT2D eigenvalue weighted by Gasteiger charge is -2.29. The fraction of sp³-hybridized carbons (Fsp3) is 0.148. The van der Waals surface area contributed by atoms with E-state index in [0.717, 1.165) is 38.2 Å². The number of nitrogens with zero attached hydrogens (tertiary/aromatic N) is 4. The Labute approximate surface area is 217 Å². The smallest absolute Gasteiger partial charge is 0.194 e. The first kappa shape index (κ1) is 22.5. The highest BCUT2D eigenvalue weighted by atomic mass is 32.1. The van der Waals surface area contributed by atoms with E-state index in [1.807, 2.05) is 66.9 Å². The number of pyridine rings is 1. The van der Waals surface area contributed by atoms with Crippen molar-refractivity contribution in [3.05, 3.63) is 96.6 Å². The minimum Gasteiger partial charge on any atom is -0.497 e. The second-order valence-corrected chi connectivity index (χ2v) is 9.70. The van der Waals surface area contributed by atoms with E-state index < -0.39 is 0 Å². The first-order chi connectivity index (χ1) is 17.7. The van der Waals surface area contributed by atoms with Gasteiger partial charge >= 0.3 is 0 Å². The lowest BCUT2D eigenvalue weighted by Crippen LogP contribution is -2.30. The van der Waals surface area contributed by atoms with E-state index in [0.29, 0.717) is 10.9 Å². The molecule has 4 heterocycles. The minimum absolute atomic E-state index is 0.197. The Morgan fingerprint density at radius 3 is 2.61 bits per heavy atom. The van der Waals surface area contributed by atoms with Crippen molar-refractivity contribution in [1.82, 2.24) is 19.9 Å². The molecule has 36 heavy (non-hydrogen) atoms. The minimum atomic E-state index is -0.226. The summed E-state index contributed by atoms with van der Waals surface area (Å²) in [6.45, 7) is 0. The molecule has 2 atom stereocenters. The van der Waals surface area contributed by atoms with Crippen molar-refractivity contribution in [3.8, 4) is 16.6 Å². The second kappa shape index (κ2) is 9.25. The van der Waals surface area contributed by atoms with Crippen molar-refractivity contribution in [2.75, 3.05) is 19.1 Å². The number of anilines is 1. The van der Waals surface area contributed by atoms with Gasteiger partial charge in [0.1, 0.15) is 17.5 Å². The van der Waals surface area contributed by atoms with Gasteiger partial charge in [-0.2, -0.15) is 0 Å². The van der Waals surface area contributed by atoms with Crippen LogP contribution in [0.15, 0.2) is 85.2 Å². The van der Waals surface area contributed by atoms with Gasteiger partial charge < -0.3 is 19.7 Å². The van der Waals surface area contributed by atoms with E-state index in [9.17, 15) is 0 Å². The van der Waals surface area contributed by atoms with Crippen LogP contribution in [0.4, 0.5) is 5.69 Å². The standard InChI is InChI=1S/C27H23N5O2S2/c1-33-17-12-13-22(34-2)21(16-17)32-25(24(30-26(32)35)19-9-5-6-14-28-19)20-10-7-15-31(20)27-29-18-8-3-4-11-23(18)36-27/h3-16,24-25H,1-2H3,(H,30,35). The average Bonchev–Trinajstić information content (AvgIpc) is 3.65. The molecule has 9 heteroatoms. The maximum absolute atomic E-state index is 5.92. The monoisotopic (exact) mass is 513 g/mol. The van der Waals surface area contributed by atoms with Crippen LogP contribution >= 0.6 is 23.6 Å². The van der Waals surface area contributed by atoms with Crippen molar-refractivity contribution < 1.29 is 9.47 Å². The Morgan fingerprint density at radius 1 is 0.972 bits per heavy atom. The summed E-state index contributed by atoms with van der Waals surface area (Å²) in [6, 6.07) is 23.6. The third-order valence-corrected chi connectivity index (χ3v) is 7.67. The first-order valence-corrected chi connectivity index (χ1v) is 12.7. The van der Waals surface area contributed by atoms with Crippen molar-refractivity contribution in [3.63, 3.8) is 0 Å². The van der Waals surface area contributed by atoms with Gasteiger partial charge in [-0.25, -0.2) is 4.98 Å². The zero-order valence-corrected chi connectivity index (χ0v) is 21.3. The van der Waals surface area contributed by atoms with Gasteiger partial charge in [-0.1, -0.05) is 29.5 Å². The Hall–Kier alpha value is -3.95. The van der Waals surface area contributed by atoms with Crippen LogP contribution < -0.4 is 19.7 Å². The van der Waals surface area contributed by atoms with Crippen molar-refractivity contribution in [2.24, 2.45) is 0 Å². The molecule has 5 aromatic rings. The average molecular weight is 514 g/mol. The third-order valence-electron chi connectivity index (χ3n) is 6.32. The van der Waals surface area contributed by atoms with Gasteiger partial charge in [0, 0.05) is 18.5 Å². The maximum Gasteiger partial charge on any atom is 0.194 e. The number of aromatic nitrogens is 3. The van der Waals surface area contributed by atoms with E-state index >= 15 is 0 Å². The van der Waals surface area contributed by atoms with Crippen molar-refractivity contribution in [1.29, 1.82) is 0 Å². The quantitative estimate of drug-likeness (QED) is 0.293. The fourth-order valence-corrected chi connectivity index (χ4v) is 5.98. The molecule has 1 N–H and O–H groups in total. The molecule has 0 aliphatic carbocycles. The van der Waals surface area contributed by atoms with Gasteiger partial charge in [0.2, 0.25) is 0 Å². The van der Waals surface area contributed by atoms with E-state index in [-0.39, 0.29) is 12.1 Å². The third kappa shape index (κ3) is 3.77. The number of nitrogens with one attached hydrogen (secondary N) is 1. The van der Waals surface area contributed by atoms with Crippen LogP contribution in [-0.2, 0) is 0 Å². The molecule has 2 unspecified atom stereocenters. The molecule has 6 rings (SSSR count). The van der Waals surface area contributed by atoms with Crippen molar-refractivity contribution in [2.45, 2.75) is 12.1 Å². The van der Waals surface area contributed by atoms with E-state index in [1.54, 1.807) is 31.8 Å². The van der Waals surface area contributed by atoms with Crippen LogP contribution in [0, 0.1) is 0 Å². The van der Waals surface area contributed by atoms with Gasteiger partial charge in [-0.05, 0) is 60.7 Å². The summed E-state index contributed by atoms with van der Waals surface area (Å²) < 4.78 is 14.6. The largest absolute Gasteiger partial charge is 0.497 e. The number of benzene rings is 2. The summed E-state index contributed by atoms with van der Waals surface area (Å²) in [7, 11) is 3.31. The molecule has 1 fully saturated rings. The van der Waals surface area contributed by atoms with Gasteiger partial charge in [0.25, 0.3) is 0 Å². The summed E-state index contributed by atoms with van der Waals surface area (Å²) in [5, 5.41) is 5.00. The first-order valence-electron chi connectivity index (χ1n) is 11.4. The van der Waals surface area contributed by atoms with Gasteiger partial charge in [0.15, 0.2) is 10.2 Å². The van der Waals surface area contributed by atoms with Crippen LogP contribution in [0.1, 0.15) is 23.5 Å². The Balaban J connectivity index is 1.54. The van der Waals surface area contributed by atoms with E-state index in [2.05, 4.69) is 31.9 Å². The summed E-state index contributed by atoms with van der Waals surface area (Å²) in [6.07, 6.45) is 3.85. The molecule has 1 aliphatic rings. The second-order valence-electron chi connectivity index (χ2n) is 8.30. The number of thiazole rings is 1. The number of methoxy groups -OCH3 is 2. The molecule has 2 aromatic carbocycles. The predicted molar refractivity (Wildman–Crippen MR) is 146 cm³/mol. The maximum atomic E-state index is 5.92. The molecule has 7 nitrogen and oxygen atoms in total. The number of ether oxygens (including phenoxy) is 2. The molecular weight excluding hydrogens is 490 g/mol. The molecule has 180 valence electrons. The highest BCUT2D eigenvalue weighted by molar-refractivity contribution is 7.80. The Morgan fingerprint density at radius 2 is 1.83 bits per heavy atom. The molecule has 0 spiro atoms. The van der Waals surface area contributed by atoms with Gasteiger partial charge in [-0.3, -0.25) is 9.55 Å². The number of rotatable bonds is 6. The van der Waals surface area contributed by atoms with Crippen LogP contribution in [0.2, 0.25) is 0 Å². The SMILES string of the molecule is COc1ccc(OC)c(N2C(=S)NC(c3ccccn3)C2c2cccn2-c2nc3ccccc3s2)c1. The number of thiocarbonyl (C=S) groups is 1. The topological polar surface area (TPSA) is 64.4 Å². The fourth-order valence-electron chi connectivity index (χ4n) is 4.67. The predicted octanol–water partition coefficient (Wildman–Crippen LogP) is 5.68. The van der Waals surface area contributed by atoms with Crippen LogP contribution in [-0.4, -0.2) is 33.9 Å². The molecule has 0 saturated carbocycles.